The van der Waals surface area contributed by atoms with E-state index in [4.69, 9.17) is 14.2 Å². The van der Waals surface area contributed by atoms with Gasteiger partial charge < -0.3 is 34.4 Å². The van der Waals surface area contributed by atoms with Gasteiger partial charge in [-0.2, -0.15) is 0 Å². The number of piperazine rings is 1. The van der Waals surface area contributed by atoms with Crippen LogP contribution < -0.4 is 14.2 Å². The third-order valence-corrected chi connectivity index (χ3v) is 7.96. The molecule has 1 unspecified atom stereocenters. The van der Waals surface area contributed by atoms with Crippen LogP contribution in [0.25, 0.3) is 0 Å². The first-order valence-corrected chi connectivity index (χ1v) is 11.7. The number of ketones is 1. The largest absolute Gasteiger partial charge is 0.507 e. The van der Waals surface area contributed by atoms with Crippen LogP contribution in [0.4, 0.5) is 0 Å². The van der Waals surface area contributed by atoms with E-state index >= 15 is 0 Å². The van der Waals surface area contributed by atoms with Crippen molar-refractivity contribution in [3.8, 4) is 28.7 Å². The third kappa shape index (κ3) is 2.85. The fourth-order valence-corrected chi connectivity index (χ4v) is 6.40. The molecule has 0 aliphatic carbocycles. The second kappa shape index (κ2) is 8.28. The molecule has 0 aromatic heterocycles. The Bertz CT molecular complexity index is 1310. The van der Waals surface area contributed by atoms with Gasteiger partial charge in [-0.1, -0.05) is 6.07 Å². The molecule has 5 rings (SSSR count). The highest BCUT2D eigenvalue weighted by atomic mass is 16.5. The summed E-state index contributed by atoms with van der Waals surface area (Å²) in [4.78, 5) is 31.3. The Morgan fingerprint density at radius 2 is 1.58 bits per heavy atom. The summed E-state index contributed by atoms with van der Waals surface area (Å²) in [5.41, 5.74) is 2.49. The van der Waals surface area contributed by atoms with Gasteiger partial charge in [0, 0.05) is 16.7 Å². The Balaban J connectivity index is 1.83. The van der Waals surface area contributed by atoms with E-state index in [1.54, 1.807) is 18.9 Å². The molecule has 3 N–H and O–H groups in total. The van der Waals surface area contributed by atoms with Gasteiger partial charge in [0.1, 0.15) is 11.8 Å². The Hall–Kier alpha value is -3.50. The van der Waals surface area contributed by atoms with Crippen molar-refractivity contribution in [2.24, 2.45) is 0 Å². The van der Waals surface area contributed by atoms with Crippen LogP contribution in [0.1, 0.15) is 50.3 Å². The van der Waals surface area contributed by atoms with Gasteiger partial charge in [0.2, 0.25) is 5.91 Å². The number of rotatable bonds is 4. The molecule has 3 heterocycles. The molecule has 36 heavy (non-hydrogen) atoms. The first-order chi connectivity index (χ1) is 17.1. The molecule has 3 aliphatic heterocycles. The van der Waals surface area contributed by atoms with Gasteiger partial charge in [-0.25, -0.2) is 0 Å². The van der Waals surface area contributed by atoms with Crippen molar-refractivity contribution >= 4 is 11.7 Å². The summed E-state index contributed by atoms with van der Waals surface area (Å²) in [6.45, 7) is 2.91. The van der Waals surface area contributed by atoms with Crippen molar-refractivity contribution in [3.05, 3.63) is 39.4 Å². The number of amides is 1. The second-order valence-corrected chi connectivity index (χ2v) is 9.56. The zero-order valence-corrected chi connectivity index (χ0v) is 21.1. The molecule has 0 spiro atoms. The number of aromatic hydroxyl groups is 2. The number of phenols is 2. The molecule has 2 aromatic rings. The van der Waals surface area contributed by atoms with E-state index in [1.807, 2.05) is 13.0 Å². The lowest BCUT2D eigenvalue weighted by Gasteiger charge is -2.56. The van der Waals surface area contributed by atoms with E-state index < -0.39 is 36.6 Å². The number of aliphatic hydroxyl groups excluding tert-OH is 1. The standard InChI is InChI=1S/C26H30N2O8/c1-10-7-12-8-13-26(33)28-14(9-29)16-17(20(30)11(2)24(35-5)25(16)36-6)21(31)19(28)18(27(13)3)15(12)22(32)23(10)34-4/h7,13-14,18-19,29-30,32H,8-9H2,1-6H3/t13-,14-,18+,19?/m0/s1. The van der Waals surface area contributed by atoms with Crippen LogP contribution in [0, 0.1) is 13.8 Å². The fraction of sp³-hybridized carbons (Fsp3) is 0.462. The molecule has 192 valence electrons. The lowest BCUT2D eigenvalue weighted by atomic mass is 9.73. The zero-order chi connectivity index (χ0) is 26.2. The average molecular weight is 499 g/mol. The number of fused-ring (bicyclic) bond motifs is 7. The Kier molecular flexibility index (Phi) is 5.57. The number of hydrogen-bond acceptors (Lipinski definition) is 9. The molecule has 0 radical (unpaired) electrons. The molecule has 4 atom stereocenters. The van der Waals surface area contributed by atoms with Crippen LogP contribution in [0.3, 0.4) is 0 Å². The molecule has 1 fully saturated rings. The number of aliphatic hydroxyl groups is 1. The van der Waals surface area contributed by atoms with Gasteiger partial charge in [-0.15, -0.1) is 0 Å². The fourth-order valence-electron chi connectivity index (χ4n) is 6.40. The summed E-state index contributed by atoms with van der Waals surface area (Å²) < 4.78 is 16.5. The minimum Gasteiger partial charge on any atom is -0.507 e. The SMILES string of the molecule is COc1c(C)cc2c(c1O)[C@@H]1C3C(=O)c4c(O)c(C)c(OC)c(OC)c4[C@H](CO)N3C(=O)[C@H](C2)N1C. The highest BCUT2D eigenvalue weighted by Gasteiger charge is 2.58. The summed E-state index contributed by atoms with van der Waals surface area (Å²) in [6, 6.07) is -1.54. The maximum atomic E-state index is 14.2. The molecular weight excluding hydrogens is 468 g/mol. The molecule has 10 heteroatoms. The van der Waals surface area contributed by atoms with Gasteiger partial charge in [-0.3, -0.25) is 14.5 Å². The van der Waals surface area contributed by atoms with Crippen molar-refractivity contribution in [1.29, 1.82) is 0 Å². The van der Waals surface area contributed by atoms with E-state index in [0.29, 0.717) is 23.3 Å². The summed E-state index contributed by atoms with van der Waals surface area (Å²) in [5.74, 6) is -0.483. The monoisotopic (exact) mass is 498 g/mol. The van der Waals surface area contributed by atoms with Crippen LogP contribution >= 0.6 is 0 Å². The molecule has 10 nitrogen and oxygen atoms in total. The van der Waals surface area contributed by atoms with Crippen molar-refractivity contribution in [1.82, 2.24) is 9.80 Å². The number of methoxy groups -OCH3 is 3. The maximum absolute atomic E-state index is 14.2. The number of nitrogens with zero attached hydrogens (tertiary/aromatic N) is 2. The number of phenolic OH excluding ortho intramolecular Hbond substituents is 2. The number of likely N-dealkylation sites (N-methyl/N-ethyl adjacent to an activating group) is 1. The first kappa shape index (κ1) is 24.2. The normalized spacial score (nSPS) is 24.7. The lowest BCUT2D eigenvalue weighted by Crippen LogP contribution is -2.68. The predicted octanol–water partition coefficient (Wildman–Crippen LogP) is 1.78. The topological polar surface area (TPSA) is 129 Å². The molecule has 1 saturated heterocycles. The van der Waals surface area contributed by atoms with Crippen LogP contribution in [-0.2, 0) is 11.2 Å². The third-order valence-electron chi connectivity index (χ3n) is 7.96. The highest BCUT2D eigenvalue weighted by Crippen LogP contribution is 2.56. The molecule has 0 saturated carbocycles. The second-order valence-electron chi connectivity index (χ2n) is 9.56. The van der Waals surface area contributed by atoms with Crippen LogP contribution in [-0.4, -0.2) is 83.9 Å². The quantitative estimate of drug-likeness (QED) is 0.578. The number of aryl methyl sites for hydroxylation is 1. The minimum atomic E-state index is -1.11. The maximum Gasteiger partial charge on any atom is 0.241 e. The summed E-state index contributed by atoms with van der Waals surface area (Å²) in [7, 11) is 6.03. The van der Waals surface area contributed by atoms with E-state index in [9.17, 15) is 24.9 Å². The number of hydrogen-bond donors (Lipinski definition) is 3. The molecule has 3 aliphatic rings. The van der Waals surface area contributed by atoms with E-state index in [-0.39, 0.29) is 40.0 Å². The molecule has 2 aromatic carbocycles. The summed E-state index contributed by atoms with van der Waals surface area (Å²) >= 11 is 0. The van der Waals surface area contributed by atoms with E-state index in [1.165, 1.54) is 26.2 Å². The van der Waals surface area contributed by atoms with Gasteiger partial charge in [0.05, 0.1) is 51.6 Å². The first-order valence-electron chi connectivity index (χ1n) is 11.7. The van der Waals surface area contributed by atoms with Crippen molar-refractivity contribution in [3.63, 3.8) is 0 Å². The minimum absolute atomic E-state index is 0.0178. The van der Waals surface area contributed by atoms with Crippen LogP contribution in [0.5, 0.6) is 28.7 Å². The number of Topliss-reactive ketones (excluding diaryl/α,β-unsaturated/α-hetero) is 1. The Labute approximate surface area is 208 Å². The van der Waals surface area contributed by atoms with Crippen molar-refractivity contribution in [2.75, 3.05) is 35.0 Å². The van der Waals surface area contributed by atoms with Crippen LogP contribution in [0.15, 0.2) is 6.07 Å². The van der Waals surface area contributed by atoms with E-state index in [2.05, 4.69) is 0 Å². The predicted molar refractivity (Wildman–Crippen MR) is 128 cm³/mol. The Morgan fingerprint density at radius 1 is 0.944 bits per heavy atom. The highest BCUT2D eigenvalue weighted by molar-refractivity contribution is 6.10. The van der Waals surface area contributed by atoms with Gasteiger partial charge in [-0.05, 0) is 38.4 Å². The molecular formula is C26H30N2O8. The molecule has 1 amide bonds. The molecule has 2 bridgehead atoms. The summed E-state index contributed by atoms with van der Waals surface area (Å²) in [6.07, 6.45) is 0.321. The van der Waals surface area contributed by atoms with Crippen molar-refractivity contribution < 1.29 is 39.1 Å². The zero-order valence-electron chi connectivity index (χ0n) is 21.1. The van der Waals surface area contributed by atoms with Gasteiger partial charge in [0.25, 0.3) is 0 Å². The number of carbonyl (C=O) groups excluding carboxylic acids is 2. The van der Waals surface area contributed by atoms with E-state index in [0.717, 1.165) is 11.1 Å². The van der Waals surface area contributed by atoms with Crippen molar-refractivity contribution in [2.45, 2.75) is 44.4 Å². The van der Waals surface area contributed by atoms with Crippen LogP contribution in [0.2, 0.25) is 0 Å². The number of carbonyl (C=O) groups is 2. The lowest BCUT2D eigenvalue weighted by molar-refractivity contribution is -0.155. The summed E-state index contributed by atoms with van der Waals surface area (Å²) in [5, 5.41) is 33.0. The number of benzene rings is 2. The number of ether oxygens (including phenoxy) is 3. The van der Waals surface area contributed by atoms with Gasteiger partial charge in [0.15, 0.2) is 28.8 Å². The smallest absolute Gasteiger partial charge is 0.241 e. The van der Waals surface area contributed by atoms with Gasteiger partial charge >= 0.3 is 0 Å². The Morgan fingerprint density at radius 3 is 2.17 bits per heavy atom. The average Bonchev–Trinajstić information content (AvgIpc) is 2.84.